The van der Waals surface area contributed by atoms with Crippen molar-refractivity contribution in [3.05, 3.63) is 71.3 Å². The van der Waals surface area contributed by atoms with E-state index in [9.17, 15) is 0 Å². The van der Waals surface area contributed by atoms with Gasteiger partial charge in [0.2, 0.25) is 0 Å². The molecule has 3 aromatic rings. The van der Waals surface area contributed by atoms with Gasteiger partial charge in [-0.25, -0.2) is 0 Å². The highest BCUT2D eigenvalue weighted by Gasteiger charge is 2.11. The van der Waals surface area contributed by atoms with Crippen LogP contribution in [0.3, 0.4) is 0 Å². The third-order valence-corrected chi connectivity index (χ3v) is 4.43. The predicted molar refractivity (Wildman–Crippen MR) is 107 cm³/mol. The van der Waals surface area contributed by atoms with Gasteiger partial charge in [0, 0.05) is 0 Å². The summed E-state index contributed by atoms with van der Waals surface area (Å²) in [6, 6.07) is 18.0. The fourth-order valence-electron chi connectivity index (χ4n) is 2.74. The lowest BCUT2D eigenvalue weighted by Crippen LogP contribution is -2.15. The normalized spacial score (nSPS) is 10.6. The van der Waals surface area contributed by atoms with Crippen LogP contribution in [0.4, 0.5) is 0 Å². The van der Waals surface area contributed by atoms with E-state index >= 15 is 0 Å². The van der Waals surface area contributed by atoms with Gasteiger partial charge < -0.3 is 15.2 Å². The van der Waals surface area contributed by atoms with Crippen LogP contribution in [0.5, 0.6) is 11.5 Å². The van der Waals surface area contributed by atoms with E-state index < -0.39 is 0 Å². The molecule has 0 aliphatic heterocycles. The largest absolute Gasteiger partial charge is 0.490 e. The molecule has 3 rings (SSSR count). The molecule has 3 nitrogen and oxygen atoms in total. The van der Waals surface area contributed by atoms with Crippen LogP contribution in [0.15, 0.2) is 54.6 Å². The van der Waals surface area contributed by atoms with Crippen LogP contribution in [0, 0.1) is 13.8 Å². The van der Waals surface area contributed by atoms with Crippen LogP contribution in [0.25, 0.3) is 10.8 Å². The van der Waals surface area contributed by atoms with Gasteiger partial charge in [-0.15, -0.1) is 0 Å². The first-order chi connectivity index (χ1) is 12.1. The van der Waals surface area contributed by atoms with Crippen molar-refractivity contribution in [2.24, 2.45) is 5.73 Å². The minimum atomic E-state index is 0.335. The van der Waals surface area contributed by atoms with Crippen LogP contribution in [-0.2, 0) is 0 Å². The van der Waals surface area contributed by atoms with Gasteiger partial charge in [0.25, 0.3) is 0 Å². The van der Waals surface area contributed by atoms with E-state index in [1.54, 1.807) is 0 Å². The molecule has 0 bridgehead atoms. The molecule has 0 unspecified atom stereocenters. The average Bonchev–Trinajstić information content (AvgIpc) is 2.61. The second-order valence-corrected chi connectivity index (χ2v) is 6.41. The van der Waals surface area contributed by atoms with Crippen LogP contribution in [0.2, 0.25) is 0 Å². The molecule has 128 valence electrons. The Labute approximate surface area is 153 Å². The van der Waals surface area contributed by atoms with E-state index in [-0.39, 0.29) is 0 Å². The summed E-state index contributed by atoms with van der Waals surface area (Å²) in [6.45, 7) is 5.02. The first-order valence-electron chi connectivity index (χ1n) is 8.20. The molecule has 0 aromatic heterocycles. The molecule has 0 amide bonds. The first-order valence-corrected chi connectivity index (χ1v) is 8.61. The summed E-state index contributed by atoms with van der Waals surface area (Å²) in [4.78, 5) is 0.335. The maximum absolute atomic E-state index is 5.93. The second-order valence-electron chi connectivity index (χ2n) is 5.97. The van der Waals surface area contributed by atoms with Gasteiger partial charge in [0.15, 0.2) is 0 Å². The fraction of sp³-hybridized carbons (Fsp3) is 0.190. The summed E-state index contributed by atoms with van der Waals surface area (Å²) in [5.41, 5.74) is 9.17. The smallest absolute Gasteiger partial charge is 0.130 e. The minimum absolute atomic E-state index is 0.335. The number of nitrogens with two attached hydrogens (primary N) is 1. The predicted octanol–water partition coefficient (Wildman–Crippen LogP) is 4.55. The third-order valence-electron chi connectivity index (χ3n) is 4.23. The Balaban J connectivity index is 1.69. The number of ether oxygens (including phenoxy) is 2. The van der Waals surface area contributed by atoms with E-state index in [2.05, 4.69) is 19.9 Å². The summed E-state index contributed by atoms with van der Waals surface area (Å²) in [6.07, 6.45) is 0. The highest BCUT2D eigenvalue weighted by molar-refractivity contribution is 7.80. The molecule has 0 heterocycles. The molecule has 0 fully saturated rings. The highest BCUT2D eigenvalue weighted by atomic mass is 32.1. The van der Waals surface area contributed by atoms with Crippen LogP contribution < -0.4 is 15.2 Å². The zero-order valence-electron chi connectivity index (χ0n) is 14.4. The Morgan fingerprint density at radius 1 is 0.920 bits per heavy atom. The molecule has 0 saturated heterocycles. The second kappa shape index (κ2) is 7.53. The molecule has 0 aliphatic carbocycles. The van der Waals surface area contributed by atoms with Gasteiger partial charge in [0.05, 0.1) is 5.56 Å². The Morgan fingerprint density at radius 2 is 1.68 bits per heavy atom. The molecule has 0 atom stereocenters. The van der Waals surface area contributed by atoms with E-state index in [1.165, 1.54) is 11.1 Å². The SMILES string of the molecule is Cc1ccc(OCCOc2ccc3ccccc3c2C(N)=S)cc1C. The van der Waals surface area contributed by atoms with Crippen molar-refractivity contribution < 1.29 is 9.47 Å². The Bertz CT molecular complexity index is 921. The number of hydrogen-bond acceptors (Lipinski definition) is 3. The molecule has 2 N–H and O–H groups in total. The number of aryl methyl sites for hydroxylation is 2. The van der Waals surface area contributed by atoms with E-state index in [0.717, 1.165) is 22.1 Å². The van der Waals surface area contributed by atoms with Gasteiger partial charge >= 0.3 is 0 Å². The molecule has 4 heteroatoms. The van der Waals surface area contributed by atoms with Crippen LogP contribution in [0.1, 0.15) is 16.7 Å². The number of hydrogen-bond donors (Lipinski definition) is 1. The van der Waals surface area contributed by atoms with Crippen molar-refractivity contribution in [3.8, 4) is 11.5 Å². The van der Waals surface area contributed by atoms with Crippen LogP contribution >= 0.6 is 12.2 Å². The number of thiocarbonyl (C=S) groups is 1. The monoisotopic (exact) mass is 351 g/mol. The number of rotatable bonds is 6. The molecular weight excluding hydrogens is 330 g/mol. The molecule has 3 aromatic carbocycles. The number of fused-ring (bicyclic) bond motifs is 1. The standard InChI is InChI=1S/C21H21NO2S/c1-14-7-9-17(13-15(14)2)23-11-12-24-19-10-8-16-5-3-4-6-18(16)20(19)21(22)25/h3-10,13H,11-12H2,1-2H3,(H2,22,25). The third kappa shape index (κ3) is 3.91. The Hall–Kier alpha value is -2.59. The maximum Gasteiger partial charge on any atom is 0.130 e. The lowest BCUT2D eigenvalue weighted by molar-refractivity contribution is 0.217. The summed E-state index contributed by atoms with van der Waals surface area (Å²) in [7, 11) is 0. The van der Waals surface area contributed by atoms with Crippen LogP contribution in [-0.4, -0.2) is 18.2 Å². The van der Waals surface area contributed by atoms with Gasteiger partial charge in [0.1, 0.15) is 29.7 Å². The van der Waals surface area contributed by atoms with Crippen molar-refractivity contribution in [2.45, 2.75) is 13.8 Å². The van der Waals surface area contributed by atoms with E-state index in [0.29, 0.717) is 24.0 Å². The van der Waals surface area contributed by atoms with Gasteiger partial charge in [-0.1, -0.05) is 48.6 Å². The van der Waals surface area contributed by atoms with Gasteiger partial charge in [-0.3, -0.25) is 0 Å². The average molecular weight is 351 g/mol. The van der Waals surface area contributed by atoms with Crippen molar-refractivity contribution >= 4 is 28.0 Å². The van der Waals surface area contributed by atoms with Crippen molar-refractivity contribution in [1.82, 2.24) is 0 Å². The molecular formula is C21H21NO2S. The highest BCUT2D eigenvalue weighted by Crippen LogP contribution is 2.28. The lowest BCUT2D eigenvalue weighted by Gasteiger charge is -2.14. The minimum Gasteiger partial charge on any atom is -0.490 e. The van der Waals surface area contributed by atoms with Gasteiger partial charge in [-0.2, -0.15) is 0 Å². The zero-order chi connectivity index (χ0) is 17.8. The van der Waals surface area contributed by atoms with Crippen molar-refractivity contribution in [3.63, 3.8) is 0 Å². The first kappa shape index (κ1) is 17.2. The zero-order valence-corrected chi connectivity index (χ0v) is 15.2. The summed E-state index contributed by atoms with van der Waals surface area (Å²) < 4.78 is 11.7. The van der Waals surface area contributed by atoms with E-state index in [4.69, 9.17) is 27.4 Å². The summed E-state index contributed by atoms with van der Waals surface area (Å²) in [5, 5.41) is 2.09. The summed E-state index contributed by atoms with van der Waals surface area (Å²) in [5.74, 6) is 1.54. The number of benzene rings is 3. The van der Waals surface area contributed by atoms with E-state index in [1.807, 2.05) is 48.5 Å². The lowest BCUT2D eigenvalue weighted by atomic mass is 10.0. The fourth-order valence-corrected chi connectivity index (χ4v) is 2.95. The quantitative estimate of drug-likeness (QED) is 0.523. The maximum atomic E-state index is 5.93. The van der Waals surface area contributed by atoms with Gasteiger partial charge in [-0.05, 0) is 53.9 Å². The van der Waals surface area contributed by atoms with Crippen molar-refractivity contribution in [2.75, 3.05) is 13.2 Å². The Morgan fingerprint density at radius 3 is 2.44 bits per heavy atom. The molecule has 0 radical (unpaired) electrons. The molecule has 0 spiro atoms. The molecule has 0 saturated carbocycles. The van der Waals surface area contributed by atoms with Crippen molar-refractivity contribution in [1.29, 1.82) is 0 Å². The molecule has 25 heavy (non-hydrogen) atoms. The Kier molecular flexibility index (Phi) is 5.19. The molecule has 0 aliphatic rings. The summed E-state index contributed by atoms with van der Waals surface area (Å²) >= 11 is 5.23. The topological polar surface area (TPSA) is 44.5 Å².